The third kappa shape index (κ3) is 9.56. The molecule has 3 heterocycles. The second-order valence-electron chi connectivity index (χ2n) is 17.0. The number of carbonyl (C=O) groups excluding carboxylic acids is 4. The number of amides is 4. The van der Waals surface area contributed by atoms with Crippen molar-refractivity contribution in [3.63, 3.8) is 0 Å². The predicted molar refractivity (Wildman–Crippen MR) is 240 cm³/mol. The molecule has 4 amide bonds. The van der Waals surface area contributed by atoms with Crippen molar-refractivity contribution in [1.29, 1.82) is 0 Å². The Labute approximate surface area is 372 Å². The van der Waals surface area contributed by atoms with Crippen LogP contribution in [0.15, 0.2) is 102 Å². The van der Waals surface area contributed by atoms with E-state index in [9.17, 15) is 18.0 Å². The highest BCUT2D eigenvalue weighted by atomic mass is 35.5. The molecule has 2 saturated heterocycles. The highest BCUT2D eigenvalue weighted by molar-refractivity contribution is 7.88. The predicted octanol–water partition coefficient (Wildman–Crippen LogP) is 7.06. The number of nitrogens with zero attached hydrogens (tertiary/aromatic N) is 4. The van der Waals surface area contributed by atoms with Gasteiger partial charge in [-0.05, 0) is 75.1 Å². The fraction of sp³-hybridized carbons (Fsp3) is 0.362. The molecule has 4 aromatic carbocycles. The Hall–Kier alpha value is -5.21. The van der Waals surface area contributed by atoms with E-state index in [2.05, 4.69) is 4.72 Å². The molecule has 326 valence electrons. The second kappa shape index (κ2) is 17.9. The zero-order valence-electron chi connectivity index (χ0n) is 35.5. The van der Waals surface area contributed by atoms with Crippen molar-refractivity contribution in [3.05, 3.63) is 141 Å². The number of benzene rings is 4. The number of hydrogen-bond acceptors (Lipinski definition) is 7. The van der Waals surface area contributed by atoms with E-state index in [-0.39, 0.29) is 63.2 Å². The molecule has 0 radical (unpaired) electrons. The standard InChI is InChI=1S/C47H51Cl2N5O7S/c1-31-22-32(2)24-35(23-31)25-43(56)54-41(27-47(54,4)44(57)51(21-19-50-62(5,59)60)28-33-10-14-37(48)15-11-33)52(29-34-12-16-38(49)17-13-34)45(58)46(3)18-20-53(46)42(55)26-40-39-9-7-6-8-36(39)30-61-40/h6-17,22-24,30,41,50H,18-21,25-29H2,1-5H3. The van der Waals surface area contributed by atoms with Gasteiger partial charge in [0.2, 0.25) is 33.7 Å². The smallest absolute Gasteiger partial charge is 0.250 e. The minimum absolute atomic E-state index is 0.00140. The van der Waals surface area contributed by atoms with E-state index in [1.165, 1.54) is 9.80 Å². The van der Waals surface area contributed by atoms with Crippen molar-refractivity contribution in [2.75, 3.05) is 25.9 Å². The van der Waals surface area contributed by atoms with Gasteiger partial charge in [-0.1, -0.05) is 101 Å². The molecule has 3 unspecified atom stereocenters. The molecule has 2 aliphatic rings. The zero-order chi connectivity index (χ0) is 44.6. The summed E-state index contributed by atoms with van der Waals surface area (Å²) in [6.45, 7) is 7.81. The molecule has 2 fully saturated rings. The summed E-state index contributed by atoms with van der Waals surface area (Å²) in [6, 6.07) is 27.5. The summed E-state index contributed by atoms with van der Waals surface area (Å²) >= 11 is 12.5. The zero-order valence-corrected chi connectivity index (χ0v) is 37.8. The SMILES string of the molecule is Cc1cc(C)cc(CC(=O)N2C(N(Cc3ccc(Cl)cc3)C(=O)C3(C)CCN3C(=O)Cc3occ4ccccc34)CC2(C)C(=O)N(CCNS(C)(=O)=O)Cc2ccc(Cl)cc2)c1. The van der Waals surface area contributed by atoms with Crippen LogP contribution in [0.25, 0.3) is 10.8 Å². The van der Waals surface area contributed by atoms with E-state index in [4.69, 9.17) is 27.6 Å². The lowest BCUT2D eigenvalue weighted by Crippen LogP contribution is -2.79. The first-order valence-corrected chi connectivity index (χ1v) is 23.2. The lowest BCUT2D eigenvalue weighted by Gasteiger charge is -2.61. The van der Waals surface area contributed by atoms with Crippen LogP contribution in [0.1, 0.15) is 60.3 Å². The van der Waals surface area contributed by atoms with Crippen LogP contribution in [0, 0.1) is 13.8 Å². The monoisotopic (exact) mass is 899 g/mol. The molecule has 5 aromatic rings. The van der Waals surface area contributed by atoms with Crippen molar-refractivity contribution >= 4 is 67.6 Å². The van der Waals surface area contributed by atoms with Gasteiger partial charge in [0.15, 0.2) is 0 Å². The maximum atomic E-state index is 15.3. The molecule has 0 spiro atoms. The Morgan fingerprint density at radius 2 is 1.40 bits per heavy atom. The summed E-state index contributed by atoms with van der Waals surface area (Å²) in [7, 11) is -3.58. The van der Waals surface area contributed by atoms with Crippen molar-refractivity contribution in [1.82, 2.24) is 24.3 Å². The topological polar surface area (TPSA) is 141 Å². The lowest BCUT2D eigenvalue weighted by molar-refractivity contribution is -0.198. The van der Waals surface area contributed by atoms with Gasteiger partial charge in [-0.25, -0.2) is 13.1 Å². The molecule has 0 bridgehead atoms. The average molecular weight is 901 g/mol. The summed E-state index contributed by atoms with van der Waals surface area (Å²) in [6.07, 6.45) is 2.15. The number of nitrogens with one attached hydrogen (secondary N) is 1. The number of halogens is 2. The maximum absolute atomic E-state index is 15.3. The first-order valence-electron chi connectivity index (χ1n) is 20.5. The Morgan fingerprint density at radius 3 is 2.00 bits per heavy atom. The van der Waals surface area contributed by atoms with Crippen LogP contribution < -0.4 is 4.72 Å². The van der Waals surface area contributed by atoms with E-state index >= 15 is 9.59 Å². The van der Waals surface area contributed by atoms with Gasteiger partial charge >= 0.3 is 0 Å². The van der Waals surface area contributed by atoms with Crippen molar-refractivity contribution in [2.45, 2.75) is 83.7 Å². The number of fused-ring (bicyclic) bond motifs is 1. The molecule has 7 rings (SSSR count). The Bertz CT molecular complexity index is 2600. The minimum atomic E-state index is -3.58. The number of likely N-dealkylation sites (tertiary alicyclic amines) is 2. The number of hydrogen-bond donors (Lipinski definition) is 1. The quantitative estimate of drug-likeness (QED) is 0.119. The normalized spacial score (nSPS) is 19.8. The molecule has 0 saturated carbocycles. The lowest BCUT2D eigenvalue weighted by atomic mass is 9.78. The van der Waals surface area contributed by atoms with Gasteiger partial charge in [0.05, 0.1) is 25.4 Å². The third-order valence-corrected chi connectivity index (χ3v) is 13.3. The van der Waals surface area contributed by atoms with Gasteiger partial charge in [-0.15, -0.1) is 0 Å². The van der Waals surface area contributed by atoms with Crippen LogP contribution >= 0.6 is 23.2 Å². The van der Waals surface area contributed by atoms with Gasteiger partial charge in [0.1, 0.15) is 23.0 Å². The van der Waals surface area contributed by atoms with Crippen LogP contribution in [0.2, 0.25) is 10.0 Å². The Morgan fingerprint density at radius 1 is 0.790 bits per heavy atom. The van der Waals surface area contributed by atoms with Crippen LogP contribution in [-0.4, -0.2) is 94.8 Å². The first-order chi connectivity index (χ1) is 29.3. The number of rotatable bonds is 15. The summed E-state index contributed by atoms with van der Waals surface area (Å²) in [5.74, 6) is -0.903. The van der Waals surface area contributed by atoms with Gasteiger partial charge in [0, 0.05) is 60.0 Å². The largest absolute Gasteiger partial charge is 0.468 e. The maximum Gasteiger partial charge on any atom is 0.250 e. The summed E-state index contributed by atoms with van der Waals surface area (Å²) < 4.78 is 32.5. The van der Waals surface area contributed by atoms with E-state index in [0.29, 0.717) is 28.8 Å². The molecule has 2 aliphatic heterocycles. The van der Waals surface area contributed by atoms with Crippen LogP contribution in [0.3, 0.4) is 0 Å². The van der Waals surface area contributed by atoms with Gasteiger partial charge in [-0.3, -0.25) is 19.2 Å². The minimum Gasteiger partial charge on any atom is -0.468 e. The van der Waals surface area contributed by atoms with E-state index in [1.54, 1.807) is 66.3 Å². The molecule has 3 atom stereocenters. The second-order valence-corrected chi connectivity index (χ2v) is 19.7. The number of furan rings is 1. The van der Waals surface area contributed by atoms with Crippen LogP contribution in [0.5, 0.6) is 0 Å². The fourth-order valence-corrected chi connectivity index (χ4v) is 9.57. The average Bonchev–Trinajstić information content (AvgIpc) is 3.60. The fourth-order valence-electron chi connectivity index (χ4n) is 8.85. The number of aryl methyl sites for hydroxylation is 2. The first kappa shape index (κ1) is 44.8. The van der Waals surface area contributed by atoms with Gasteiger partial charge < -0.3 is 24.0 Å². The van der Waals surface area contributed by atoms with Crippen LogP contribution in [0.4, 0.5) is 0 Å². The molecular formula is C47H51Cl2N5O7S. The Balaban J connectivity index is 1.25. The molecule has 1 aromatic heterocycles. The van der Waals surface area contributed by atoms with Crippen LogP contribution in [-0.2, 0) is 55.1 Å². The van der Waals surface area contributed by atoms with Gasteiger partial charge in [0.25, 0.3) is 0 Å². The highest BCUT2D eigenvalue weighted by Crippen LogP contribution is 2.44. The van der Waals surface area contributed by atoms with Gasteiger partial charge in [-0.2, -0.15) is 0 Å². The molecule has 15 heteroatoms. The molecule has 1 N–H and O–H groups in total. The summed E-state index contributed by atoms with van der Waals surface area (Å²) in [4.78, 5) is 65.6. The third-order valence-electron chi connectivity index (χ3n) is 12.1. The van der Waals surface area contributed by atoms with Crippen molar-refractivity contribution in [3.8, 4) is 0 Å². The van der Waals surface area contributed by atoms with E-state index in [0.717, 1.165) is 44.8 Å². The van der Waals surface area contributed by atoms with E-state index < -0.39 is 33.2 Å². The molecule has 0 aliphatic carbocycles. The summed E-state index contributed by atoms with van der Waals surface area (Å²) in [5.41, 5.74) is 1.48. The molecular weight excluding hydrogens is 850 g/mol. The highest BCUT2D eigenvalue weighted by Gasteiger charge is 2.62. The number of carbonyl (C=O) groups is 4. The number of sulfonamides is 1. The van der Waals surface area contributed by atoms with Crippen molar-refractivity contribution < 1.29 is 32.0 Å². The Kier molecular flexibility index (Phi) is 12.9. The molecule has 12 nitrogen and oxygen atoms in total. The van der Waals surface area contributed by atoms with Crippen molar-refractivity contribution in [2.24, 2.45) is 0 Å². The van der Waals surface area contributed by atoms with E-state index in [1.807, 2.05) is 68.4 Å². The molecule has 62 heavy (non-hydrogen) atoms. The summed E-state index contributed by atoms with van der Waals surface area (Å²) in [5, 5.41) is 2.73.